The highest BCUT2D eigenvalue weighted by atomic mass is 32.2. The van der Waals surface area contributed by atoms with Crippen molar-refractivity contribution in [2.75, 3.05) is 13.4 Å². The van der Waals surface area contributed by atoms with Crippen molar-refractivity contribution in [1.29, 1.82) is 0 Å². The summed E-state index contributed by atoms with van der Waals surface area (Å²) in [5.74, 6) is 0. The summed E-state index contributed by atoms with van der Waals surface area (Å²) in [5, 5.41) is 2.62. The lowest BCUT2D eigenvalue weighted by Crippen LogP contribution is -1.95. The van der Waals surface area contributed by atoms with E-state index in [9.17, 15) is 8.42 Å². The molecule has 0 amide bonds. The molecule has 0 aromatic heterocycles. The van der Waals surface area contributed by atoms with E-state index in [1.807, 2.05) is 27.7 Å². The van der Waals surface area contributed by atoms with Crippen LogP contribution in [0.1, 0.15) is 27.7 Å². The van der Waals surface area contributed by atoms with Crippen molar-refractivity contribution < 1.29 is 12.6 Å². The third-order valence-corrected chi connectivity index (χ3v) is 2.57. The summed E-state index contributed by atoms with van der Waals surface area (Å²) in [5.41, 5.74) is 0. The standard InChI is InChI=1S/C10H8.C2H6O3S.2C2H6/c1-2-6-10-8-4-3-7-9(10)5-1;1-5-6(2,3)4;2*1-2/h1-8H;1-2H3;2*1-2H3. The number of hydrogen-bond acceptors (Lipinski definition) is 3. The van der Waals surface area contributed by atoms with Crippen LogP contribution in [0.4, 0.5) is 0 Å². The van der Waals surface area contributed by atoms with Crippen molar-refractivity contribution in [3.63, 3.8) is 0 Å². The molecular weight excluding hydrogens is 272 g/mol. The molecule has 0 bridgehead atoms. The molecule has 0 aliphatic carbocycles. The Morgan fingerprint density at radius 2 is 0.950 bits per heavy atom. The molecule has 2 rings (SSSR count). The maximum Gasteiger partial charge on any atom is 0.264 e. The van der Waals surface area contributed by atoms with Gasteiger partial charge in [-0.3, -0.25) is 4.18 Å². The van der Waals surface area contributed by atoms with Crippen LogP contribution in [-0.2, 0) is 14.3 Å². The van der Waals surface area contributed by atoms with Gasteiger partial charge in [0.25, 0.3) is 10.1 Å². The first-order valence-electron chi connectivity index (χ1n) is 6.72. The molecule has 0 aliphatic rings. The zero-order chi connectivity index (χ0) is 16.0. The van der Waals surface area contributed by atoms with Gasteiger partial charge in [-0.15, -0.1) is 0 Å². The molecule has 0 atom stereocenters. The Kier molecular flexibility index (Phi) is 13.2. The van der Waals surface area contributed by atoms with Gasteiger partial charge in [0.1, 0.15) is 0 Å². The molecule has 0 radical (unpaired) electrons. The van der Waals surface area contributed by atoms with Crippen molar-refractivity contribution in [2.45, 2.75) is 27.7 Å². The molecule has 0 unspecified atom stereocenters. The normalized spacial score (nSPS) is 9.10. The molecule has 0 N–H and O–H groups in total. The van der Waals surface area contributed by atoms with Gasteiger partial charge in [0, 0.05) is 0 Å². The van der Waals surface area contributed by atoms with Crippen LogP contribution in [0.3, 0.4) is 0 Å². The second-order valence-corrected chi connectivity index (χ2v) is 4.96. The molecule has 0 aliphatic heterocycles. The molecule has 0 saturated heterocycles. The number of hydrogen-bond donors (Lipinski definition) is 0. The first-order chi connectivity index (χ1) is 9.53. The van der Waals surface area contributed by atoms with Gasteiger partial charge in [0.2, 0.25) is 0 Å². The Morgan fingerprint density at radius 3 is 1.10 bits per heavy atom. The first-order valence-corrected chi connectivity index (χ1v) is 8.54. The summed E-state index contributed by atoms with van der Waals surface area (Å²) in [6.07, 6.45) is 0.993. The van der Waals surface area contributed by atoms with Gasteiger partial charge >= 0.3 is 0 Å². The van der Waals surface area contributed by atoms with Crippen molar-refractivity contribution in [1.82, 2.24) is 0 Å². The van der Waals surface area contributed by atoms with Crippen LogP contribution < -0.4 is 0 Å². The quantitative estimate of drug-likeness (QED) is 0.729. The third kappa shape index (κ3) is 10.5. The second-order valence-electron chi connectivity index (χ2n) is 3.22. The highest BCUT2D eigenvalue weighted by Crippen LogP contribution is 2.11. The predicted molar refractivity (Wildman–Crippen MR) is 88.5 cm³/mol. The summed E-state index contributed by atoms with van der Waals surface area (Å²) < 4.78 is 23.5. The van der Waals surface area contributed by atoms with Crippen molar-refractivity contribution in [3.8, 4) is 0 Å². The minimum absolute atomic E-state index is 0.993. The molecule has 0 spiro atoms. The van der Waals surface area contributed by atoms with E-state index in [0.29, 0.717) is 0 Å². The highest BCUT2D eigenvalue weighted by molar-refractivity contribution is 7.85. The van der Waals surface area contributed by atoms with E-state index in [-0.39, 0.29) is 0 Å². The Hall–Kier alpha value is -1.39. The smallest absolute Gasteiger partial charge is 0.264 e. The zero-order valence-electron chi connectivity index (χ0n) is 13.3. The van der Waals surface area contributed by atoms with E-state index in [0.717, 1.165) is 13.4 Å². The first kappa shape index (κ1) is 20.9. The van der Waals surface area contributed by atoms with E-state index < -0.39 is 10.1 Å². The fraction of sp³-hybridized carbons (Fsp3) is 0.375. The summed E-state index contributed by atoms with van der Waals surface area (Å²) in [7, 11) is -2.04. The number of rotatable bonds is 1. The Balaban J connectivity index is 0. The highest BCUT2D eigenvalue weighted by Gasteiger charge is 1.90. The topological polar surface area (TPSA) is 43.4 Å². The van der Waals surface area contributed by atoms with Crippen molar-refractivity contribution in [2.24, 2.45) is 0 Å². The molecule has 20 heavy (non-hydrogen) atoms. The van der Waals surface area contributed by atoms with E-state index in [2.05, 4.69) is 52.7 Å². The van der Waals surface area contributed by atoms with E-state index >= 15 is 0 Å². The molecule has 0 fully saturated rings. The van der Waals surface area contributed by atoms with E-state index in [4.69, 9.17) is 0 Å². The molecular formula is C16H26O3S. The van der Waals surface area contributed by atoms with E-state index in [1.165, 1.54) is 10.8 Å². The Bertz CT molecular complexity index is 483. The van der Waals surface area contributed by atoms with Crippen molar-refractivity contribution >= 4 is 20.9 Å². The maximum atomic E-state index is 9.78. The average molecular weight is 298 g/mol. The molecule has 2 aromatic carbocycles. The zero-order valence-corrected chi connectivity index (χ0v) is 14.1. The molecule has 114 valence electrons. The van der Waals surface area contributed by atoms with Gasteiger partial charge in [0.05, 0.1) is 13.4 Å². The number of fused-ring (bicyclic) bond motifs is 1. The van der Waals surface area contributed by atoms with Crippen LogP contribution in [0.5, 0.6) is 0 Å². The lowest BCUT2D eigenvalue weighted by Gasteiger charge is -1.92. The van der Waals surface area contributed by atoms with Crippen LogP contribution in [-0.4, -0.2) is 21.8 Å². The predicted octanol–water partition coefficient (Wildman–Crippen LogP) is 4.48. The van der Waals surface area contributed by atoms with Crippen LogP contribution in [0.2, 0.25) is 0 Å². The Morgan fingerprint density at radius 1 is 0.750 bits per heavy atom. The van der Waals surface area contributed by atoms with E-state index in [1.54, 1.807) is 0 Å². The van der Waals surface area contributed by atoms with Crippen molar-refractivity contribution in [3.05, 3.63) is 48.5 Å². The van der Waals surface area contributed by atoms with Crippen LogP contribution in [0.15, 0.2) is 48.5 Å². The van der Waals surface area contributed by atoms with Crippen LogP contribution in [0, 0.1) is 0 Å². The van der Waals surface area contributed by atoms with Gasteiger partial charge < -0.3 is 0 Å². The van der Waals surface area contributed by atoms with Gasteiger partial charge in [-0.25, -0.2) is 0 Å². The molecule has 0 saturated carbocycles. The molecule has 4 heteroatoms. The number of benzene rings is 2. The summed E-state index contributed by atoms with van der Waals surface area (Å²) in [4.78, 5) is 0. The van der Waals surface area contributed by atoms with Gasteiger partial charge in [0.15, 0.2) is 0 Å². The van der Waals surface area contributed by atoms with Gasteiger partial charge in [-0.1, -0.05) is 76.2 Å². The van der Waals surface area contributed by atoms with Crippen LogP contribution >= 0.6 is 0 Å². The monoisotopic (exact) mass is 298 g/mol. The minimum Gasteiger partial charge on any atom is -0.274 e. The van der Waals surface area contributed by atoms with Gasteiger partial charge in [-0.2, -0.15) is 8.42 Å². The fourth-order valence-corrected chi connectivity index (χ4v) is 1.13. The molecule has 0 heterocycles. The summed E-state index contributed by atoms with van der Waals surface area (Å²) in [6.45, 7) is 8.00. The molecule has 3 nitrogen and oxygen atoms in total. The summed E-state index contributed by atoms with van der Waals surface area (Å²) in [6, 6.07) is 16.7. The third-order valence-electron chi connectivity index (χ3n) is 1.96. The fourth-order valence-electron chi connectivity index (χ4n) is 1.13. The molecule has 2 aromatic rings. The lowest BCUT2D eigenvalue weighted by molar-refractivity contribution is 0.403. The lowest BCUT2D eigenvalue weighted by atomic mass is 10.1. The largest absolute Gasteiger partial charge is 0.274 e. The minimum atomic E-state index is -3.16. The average Bonchev–Trinajstić information content (AvgIpc) is 2.51. The van der Waals surface area contributed by atoms with Crippen LogP contribution in [0.25, 0.3) is 10.8 Å². The maximum absolute atomic E-state index is 9.78. The SMILES string of the molecule is CC.CC.COS(C)(=O)=O.c1ccc2ccccc2c1. The van der Waals surface area contributed by atoms with Gasteiger partial charge in [-0.05, 0) is 10.8 Å². The Labute approximate surface area is 123 Å². The second kappa shape index (κ2) is 12.6. The summed E-state index contributed by atoms with van der Waals surface area (Å²) >= 11 is 0.